The SMILES string of the molecule is CNC1CCCN(C(=O)C(C)n2nnc(-c3ccccc3)n2)C1.Cl. The highest BCUT2D eigenvalue weighted by molar-refractivity contribution is 5.85. The maximum Gasteiger partial charge on any atom is 0.249 e. The van der Waals surface area contributed by atoms with Crippen LogP contribution < -0.4 is 5.32 Å². The molecule has 0 bridgehead atoms. The highest BCUT2D eigenvalue weighted by atomic mass is 35.5. The van der Waals surface area contributed by atoms with E-state index in [1.54, 1.807) is 0 Å². The molecule has 0 aliphatic carbocycles. The molecule has 1 amide bonds. The van der Waals surface area contributed by atoms with Crippen molar-refractivity contribution in [1.82, 2.24) is 30.4 Å². The zero-order chi connectivity index (χ0) is 16.2. The zero-order valence-electron chi connectivity index (χ0n) is 13.9. The van der Waals surface area contributed by atoms with Crippen LogP contribution in [0.25, 0.3) is 11.4 Å². The van der Waals surface area contributed by atoms with Crippen molar-refractivity contribution in [3.63, 3.8) is 0 Å². The average molecular weight is 351 g/mol. The van der Waals surface area contributed by atoms with Crippen molar-refractivity contribution >= 4 is 18.3 Å². The lowest BCUT2D eigenvalue weighted by molar-refractivity contribution is -0.136. The smallest absolute Gasteiger partial charge is 0.249 e. The van der Waals surface area contributed by atoms with E-state index in [9.17, 15) is 4.79 Å². The van der Waals surface area contributed by atoms with Crippen molar-refractivity contribution in [2.24, 2.45) is 0 Å². The second kappa shape index (κ2) is 8.21. The van der Waals surface area contributed by atoms with Gasteiger partial charge in [-0.2, -0.15) is 4.80 Å². The summed E-state index contributed by atoms with van der Waals surface area (Å²) in [5.74, 6) is 0.582. The first-order chi connectivity index (χ1) is 11.2. The molecule has 8 heteroatoms. The highest BCUT2D eigenvalue weighted by Crippen LogP contribution is 2.17. The van der Waals surface area contributed by atoms with Gasteiger partial charge < -0.3 is 10.2 Å². The van der Waals surface area contributed by atoms with E-state index >= 15 is 0 Å². The van der Waals surface area contributed by atoms with Crippen LogP contribution in [0, 0.1) is 0 Å². The number of amides is 1. The van der Waals surface area contributed by atoms with Gasteiger partial charge in [0.1, 0.15) is 6.04 Å². The molecular formula is C16H23ClN6O. The molecule has 1 fully saturated rings. The van der Waals surface area contributed by atoms with Crippen LogP contribution in [-0.4, -0.2) is 57.2 Å². The fraction of sp³-hybridized carbons (Fsp3) is 0.500. The molecule has 2 heterocycles. The first kappa shape index (κ1) is 18.4. The topological polar surface area (TPSA) is 75.9 Å². The molecular weight excluding hydrogens is 328 g/mol. The summed E-state index contributed by atoms with van der Waals surface area (Å²) >= 11 is 0. The summed E-state index contributed by atoms with van der Waals surface area (Å²) in [6, 6.07) is 9.56. The molecule has 0 saturated carbocycles. The Morgan fingerprint density at radius 1 is 1.33 bits per heavy atom. The highest BCUT2D eigenvalue weighted by Gasteiger charge is 2.28. The molecule has 2 unspecified atom stereocenters. The van der Waals surface area contributed by atoms with Crippen molar-refractivity contribution in [2.45, 2.75) is 31.8 Å². The van der Waals surface area contributed by atoms with E-state index in [1.165, 1.54) is 4.80 Å². The lowest BCUT2D eigenvalue weighted by Crippen LogP contribution is -2.48. The Kier molecular flexibility index (Phi) is 6.28. The molecule has 0 radical (unpaired) electrons. The minimum atomic E-state index is -0.449. The zero-order valence-corrected chi connectivity index (χ0v) is 14.7. The molecule has 1 N–H and O–H groups in total. The molecule has 1 aromatic heterocycles. The summed E-state index contributed by atoms with van der Waals surface area (Å²) < 4.78 is 0. The van der Waals surface area contributed by atoms with Gasteiger partial charge in [-0.25, -0.2) is 0 Å². The summed E-state index contributed by atoms with van der Waals surface area (Å²) in [6.45, 7) is 3.35. The Morgan fingerprint density at radius 3 is 2.79 bits per heavy atom. The molecule has 7 nitrogen and oxygen atoms in total. The number of nitrogens with zero attached hydrogens (tertiary/aromatic N) is 5. The maximum atomic E-state index is 12.7. The number of carbonyl (C=O) groups excluding carboxylic acids is 1. The fourth-order valence-electron chi connectivity index (χ4n) is 2.87. The number of piperidine rings is 1. The van der Waals surface area contributed by atoms with Gasteiger partial charge in [-0.1, -0.05) is 30.3 Å². The molecule has 130 valence electrons. The van der Waals surface area contributed by atoms with E-state index in [1.807, 2.05) is 49.2 Å². The van der Waals surface area contributed by atoms with E-state index < -0.39 is 6.04 Å². The van der Waals surface area contributed by atoms with Crippen molar-refractivity contribution in [3.05, 3.63) is 30.3 Å². The van der Waals surface area contributed by atoms with Gasteiger partial charge in [-0.3, -0.25) is 4.79 Å². The molecule has 24 heavy (non-hydrogen) atoms. The number of likely N-dealkylation sites (N-methyl/N-ethyl adjacent to an activating group) is 1. The molecule has 1 aliphatic heterocycles. The fourth-order valence-corrected chi connectivity index (χ4v) is 2.87. The normalized spacial score (nSPS) is 18.8. The number of aromatic nitrogens is 4. The predicted molar refractivity (Wildman–Crippen MR) is 93.9 cm³/mol. The van der Waals surface area contributed by atoms with E-state index in [4.69, 9.17) is 0 Å². The lowest BCUT2D eigenvalue weighted by atomic mass is 10.1. The van der Waals surface area contributed by atoms with Crippen molar-refractivity contribution in [2.75, 3.05) is 20.1 Å². The van der Waals surface area contributed by atoms with Crippen LogP contribution >= 0.6 is 12.4 Å². The Morgan fingerprint density at radius 2 is 2.08 bits per heavy atom. The molecule has 2 atom stereocenters. The second-order valence-electron chi connectivity index (χ2n) is 5.89. The van der Waals surface area contributed by atoms with Crippen LogP contribution in [-0.2, 0) is 4.79 Å². The number of rotatable bonds is 4. The molecule has 1 saturated heterocycles. The average Bonchev–Trinajstić information content (AvgIpc) is 3.11. The molecule has 3 rings (SSSR count). The minimum absolute atomic E-state index is 0. The van der Waals surface area contributed by atoms with Gasteiger partial charge in [-0.05, 0) is 32.0 Å². The van der Waals surface area contributed by atoms with Gasteiger partial charge in [0, 0.05) is 24.7 Å². The van der Waals surface area contributed by atoms with Crippen molar-refractivity contribution < 1.29 is 4.79 Å². The summed E-state index contributed by atoms with van der Waals surface area (Å²) in [4.78, 5) is 16.0. The van der Waals surface area contributed by atoms with Crippen LogP contribution in [0.2, 0.25) is 0 Å². The maximum absolute atomic E-state index is 12.7. The van der Waals surface area contributed by atoms with Crippen LogP contribution in [0.5, 0.6) is 0 Å². The number of hydrogen-bond acceptors (Lipinski definition) is 5. The summed E-state index contributed by atoms with van der Waals surface area (Å²) in [6.07, 6.45) is 2.12. The molecule has 1 aliphatic rings. The number of hydrogen-bond donors (Lipinski definition) is 1. The second-order valence-corrected chi connectivity index (χ2v) is 5.89. The van der Waals surface area contributed by atoms with Crippen LogP contribution in [0.15, 0.2) is 30.3 Å². The van der Waals surface area contributed by atoms with Gasteiger partial charge in [0.05, 0.1) is 0 Å². The number of benzene rings is 1. The van der Waals surface area contributed by atoms with E-state index in [0.717, 1.165) is 31.5 Å². The molecule has 2 aromatic rings. The Balaban J connectivity index is 0.00000208. The summed E-state index contributed by atoms with van der Waals surface area (Å²) in [7, 11) is 1.94. The van der Waals surface area contributed by atoms with E-state index in [0.29, 0.717) is 11.9 Å². The standard InChI is InChI=1S/C16H22N6O.ClH/c1-12(16(23)21-10-6-9-14(11-21)17-2)22-19-15(18-20-22)13-7-4-3-5-8-13;/h3-5,7-8,12,14,17H,6,9-11H2,1-2H3;1H. The number of carbonyl (C=O) groups is 1. The molecule has 1 aromatic carbocycles. The molecule has 0 spiro atoms. The van der Waals surface area contributed by atoms with Gasteiger partial charge in [0.15, 0.2) is 0 Å². The van der Waals surface area contributed by atoms with E-state index in [2.05, 4.69) is 20.7 Å². The largest absolute Gasteiger partial charge is 0.339 e. The quantitative estimate of drug-likeness (QED) is 0.905. The van der Waals surface area contributed by atoms with Gasteiger partial charge in [0.25, 0.3) is 0 Å². The lowest BCUT2D eigenvalue weighted by Gasteiger charge is -2.33. The van der Waals surface area contributed by atoms with Crippen LogP contribution in [0.4, 0.5) is 0 Å². The Labute approximate surface area is 147 Å². The first-order valence-electron chi connectivity index (χ1n) is 8.00. The van der Waals surface area contributed by atoms with Crippen molar-refractivity contribution in [3.8, 4) is 11.4 Å². The minimum Gasteiger partial charge on any atom is -0.339 e. The number of halogens is 1. The summed E-state index contributed by atoms with van der Waals surface area (Å²) in [5.41, 5.74) is 0.895. The van der Waals surface area contributed by atoms with Crippen LogP contribution in [0.3, 0.4) is 0 Å². The van der Waals surface area contributed by atoms with Gasteiger partial charge in [0.2, 0.25) is 11.7 Å². The van der Waals surface area contributed by atoms with Crippen molar-refractivity contribution in [1.29, 1.82) is 0 Å². The van der Waals surface area contributed by atoms with Gasteiger partial charge >= 0.3 is 0 Å². The van der Waals surface area contributed by atoms with Gasteiger partial charge in [-0.15, -0.1) is 22.6 Å². The first-order valence-corrected chi connectivity index (χ1v) is 8.00. The summed E-state index contributed by atoms with van der Waals surface area (Å²) in [5, 5.41) is 15.7. The van der Waals surface area contributed by atoms with Crippen LogP contribution in [0.1, 0.15) is 25.8 Å². The Hall–Kier alpha value is -1.99. The third-order valence-corrected chi connectivity index (χ3v) is 4.31. The monoisotopic (exact) mass is 350 g/mol. The number of nitrogens with one attached hydrogen (secondary N) is 1. The third kappa shape index (κ3) is 3.91. The third-order valence-electron chi connectivity index (χ3n) is 4.31. The number of likely N-dealkylation sites (tertiary alicyclic amines) is 1. The Bertz CT molecular complexity index is 662. The van der Waals surface area contributed by atoms with E-state index in [-0.39, 0.29) is 18.3 Å². The predicted octanol–water partition coefficient (Wildman–Crippen LogP) is 1.53. The number of tetrazole rings is 1.